The Morgan fingerprint density at radius 3 is 2.40 bits per heavy atom. The Bertz CT molecular complexity index is 768. The topological polar surface area (TPSA) is 46.2 Å². The van der Waals surface area contributed by atoms with Gasteiger partial charge in [0.1, 0.15) is 11.6 Å². The zero-order chi connectivity index (χ0) is 14.9. The number of hydrogen-bond acceptors (Lipinski definition) is 2. The Labute approximate surface area is 136 Å². The second-order valence-corrected chi connectivity index (χ2v) is 7.50. The molecule has 0 aromatic heterocycles. The minimum absolute atomic E-state index is 0.174. The fraction of sp³-hybridized carbons (Fsp3) is 0. The van der Waals surface area contributed by atoms with Crippen LogP contribution in [0.4, 0.5) is 14.5 Å². The first-order valence-electron chi connectivity index (χ1n) is 5.22. The summed E-state index contributed by atoms with van der Waals surface area (Å²) in [7, 11) is -3.93. The molecule has 2 rings (SSSR count). The number of halogens is 4. The molecule has 0 heterocycles. The molecule has 0 unspecified atom stereocenters. The van der Waals surface area contributed by atoms with Gasteiger partial charge in [-0.15, -0.1) is 0 Å². The number of benzene rings is 2. The highest BCUT2D eigenvalue weighted by molar-refractivity contribution is 14.1. The minimum Gasteiger partial charge on any atom is -0.279 e. The van der Waals surface area contributed by atoms with Crippen LogP contribution in [0.25, 0.3) is 0 Å². The van der Waals surface area contributed by atoms with Gasteiger partial charge in [0.15, 0.2) is 0 Å². The first-order valence-corrected chi connectivity index (χ1v) is 8.58. The molecule has 1 N–H and O–H groups in total. The molecule has 0 spiro atoms. The van der Waals surface area contributed by atoms with Crippen molar-refractivity contribution in [2.75, 3.05) is 4.72 Å². The Kier molecular flexibility index (Phi) is 4.65. The highest BCUT2D eigenvalue weighted by Crippen LogP contribution is 2.24. The maximum Gasteiger partial charge on any atom is 0.262 e. The van der Waals surface area contributed by atoms with Gasteiger partial charge in [-0.05, 0) is 74.9 Å². The molecule has 0 radical (unpaired) electrons. The van der Waals surface area contributed by atoms with Gasteiger partial charge in [-0.3, -0.25) is 4.72 Å². The first-order chi connectivity index (χ1) is 9.29. The Morgan fingerprint density at radius 1 is 1.10 bits per heavy atom. The third-order valence-electron chi connectivity index (χ3n) is 2.38. The van der Waals surface area contributed by atoms with Gasteiger partial charge in [0.2, 0.25) is 0 Å². The molecule has 0 saturated carbocycles. The summed E-state index contributed by atoms with van der Waals surface area (Å²) in [5.41, 5.74) is 0.232. The van der Waals surface area contributed by atoms with E-state index in [-0.39, 0.29) is 15.1 Å². The predicted molar refractivity (Wildman–Crippen MR) is 84.0 cm³/mol. The van der Waals surface area contributed by atoms with Gasteiger partial charge in [0, 0.05) is 3.57 Å². The highest BCUT2D eigenvalue weighted by Gasteiger charge is 2.17. The molecule has 3 nitrogen and oxygen atoms in total. The summed E-state index contributed by atoms with van der Waals surface area (Å²) in [6.45, 7) is 0. The van der Waals surface area contributed by atoms with Crippen molar-refractivity contribution in [2.24, 2.45) is 0 Å². The molecule has 8 heteroatoms. The smallest absolute Gasteiger partial charge is 0.262 e. The molecule has 0 amide bonds. The van der Waals surface area contributed by atoms with Gasteiger partial charge in [0.25, 0.3) is 10.0 Å². The molecule has 0 saturated heterocycles. The number of nitrogens with one attached hydrogen (secondary N) is 1. The van der Waals surface area contributed by atoms with Gasteiger partial charge in [0.05, 0.1) is 15.1 Å². The molecular weight excluding hydrogens is 467 g/mol. The van der Waals surface area contributed by atoms with Crippen molar-refractivity contribution in [1.82, 2.24) is 0 Å². The summed E-state index contributed by atoms with van der Waals surface area (Å²) < 4.78 is 53.5. The van der Waals surface area contributed by atoms with Crippen LogP contribution < -0.4 is 4.72 Å². The Morgan fingerprint density at radius 2 is 1.80 bits per heavy atom. The van der Waals surface area contributed by atoms with E-state index in [1.54, 1.807) is 0 Å². The van der Waals surface area contributed by atoms with Crippen LogP contribution in [0.1, 0.15) is 0 Å². The Balaban J connectivity index is 2.38. The number of sulfonamides is 1. The van der Waals surface area contributed by atoms with E-state index in [2.05, 4.69) is 20.7 Å². The van der Waals surface area contributed by atoms with Crippen LogP contribution in [0.15, 0.2) is 45.8 Å². The summed E-state index contributed by atoms with van der Waals surface area (Å²) in [5.74, 6) is -1.14. The molecule has 0 atom stereocenters. The second-order valence-electron chi connectivity index (χ2n) is 3.81. The van der Waals surface area contributed by atoms with Gasteiger partial charge >= 0.3 is 0 Å². The van der Waals surface area contributed by atoms with E-state index in [9.17, 15) is 17.2 Å². The van der Waals surface area contributed by atoms with Gasteiger partial charge < -0.3 is 0 Å². The van der Waals surface area contributed by atoms with Crippen molar-refractivity contribution in [1.29, 1.82) is 0 Å². The van der Waals surface area contributed by atoms with E-state index in [0.29, 0.717) is 3.57 Å². The van der Waals surface area contributed by atoms with E-state index < -0.39 is 21.7 Å². The largest absolute Gasteiger partial charge is 0.279 e. The summed E-state index contributed by atoms with van der Waals surface area (Å²) in [6.07, 6.45) is 0. The summed E-state index contributed by atoms with van der Waals surface area (Å²) in [5, 5.41) is 0. The molecular formula is C12H7BrF2INO2S. The average Bonchev–Trinajstić information content (AvgIpc) is 2.36. The van der Waals surface area contributed by atoms with E-state index >= 15 is 0 Å². The van der Waals surface area contributed by atoms with Crippen molar-refractivity contribution in [3.05, 3.63) is 56.1 Å². The van der Waals surface area contributed by atoms with Crippen molar-refractivity contribution in [2.45, 2.75) is 4.90 Å². The van der Waals surface area contributed by atoms with Crippen LogP contribution in [0.5, 0.6) is 0 Å². The van der Waals surface area contributed by atoms with Crippen LogP contribution in [0.2, 0.25) is 0 Å². The zero-order valence-corrected chi connectivity index (χ0v) is 14.3. The van der Waals surface area contributed by atoms with Crippen LogP contribution in [-0.4, -0.2) is 8.42 Å². The number of hydrogen-bond donors (Lipinski definition) is 1. The normalized spacial score (nSPS) is 11.4. The molecule has 0 bridgehead atoms. The Hall–Kier alpha value is -0.740. The van der Waals surface area contributed by atoms with Crippen molar-refractivity contribution in [3.63, 3.8) is 0 Å². The molecule has 0 aliphatic heterocycles. The summed E-state index contributed by atoms with van der Waals surface area (Å²) in [6, 6.07) is 7.13. The fourth-order valence-electron chi connectivity index (χ4n) is 1.42. The monoisotopic (exact) mass is 473 g/mol. The summed E-state index contributed by atoms with van der Waals surface area (Å²) in [4.78, 5) is -0.210. The van der Waals surface area contributed by atoms with Crippen molar-refractivity contribution >= 4 is 54.2 Å². The molecule has 0 aliphatic carbocycles. The van der Waals surface area contributed by atoms with E-state index in [1.165, 1.54) is 24.3 Å². The molecule has 2 aromatic carbocycles. The standard InChI is InChI=1S/C12H7BrF2INO2S/c13-9-3-2-8(6-10(9)15)20(18,19)17-12-4-1-7(14)5-11(12)16/h1-6,17H. The van der Waals surface area contributed by atoms with Gasteiger partial charge in [-0.25, -0.2) is 17.2 Å². The van der Waals surface area contributed by atoms with Crippen molar-refractivity contribution in [3.8, 4) is 0 Å². The lowest BCUT2D eigenvalue weighted by Crippen LogP contribution is -2.14. The fourth-order valence-corrected chi connectivity index (χ4v) is 3.55. The predicted octanol–water partition coefficient (Wildman–Crippen LogP) is 4.13. The maximum atomic E-state index is 13.4. The van der Waals surface area contributed by atoms with Gasteiger partial charge in [-0.2, -0.15) is 0 Å². The lowest BCUT2D eigenvalue weighted by molar-refractivity contribution is 0.593. The SMILES string of the molecule is O=S(=O)(Nc1ccc(F)cc1I)c1ccc(Br)c(F)c1. The lowest BCUT2D eigenvalue weighted by Gasteiger charge is -2.10. The van der Waals surface area contributed by atoms with Gasteiger partial charge in [-0.1, -0.05) is 0 Å². The zero-order valence-electron chi connectivity index (χ0n) is 9.70. The summed E-state index contributed by atoms with van der Waals surface area (Å²) >= 11 is 4.76. The maximum absolute atomic E-state index is 13.4. The molecule has 106 valence electrons. The van der Waals surface area contributed by atoms with E-state index in [1.807, 2.05) is 22.6 Å². The van der Waals surface area contributed by atoms with E-state index in [0.717, 1.165) is 12.1 Å². The molecule has 20 heavy (non-hydrogen) atoms. The first kappa shape index (κ1) is 15.6. The second kappa shape index (κ2) is 5.94. The minimum atomic E-state index is -3.93. The number of anilines is 1. The molecule has 2 aromatic rings. The average molecular weight is 474 g/mol. The lowest BCUT2D eigenvalue weighted by atomic mass is 10.3. The van der Waals surface area contributed by atoms with Crippen LogP contribution in [0.3, 0.4) is 0 Å². The number of rotatable bonds is 3. The quantitative estimate of drug-likeness (QED) is 0.681. The molecule has 0 aliphatic rings. The third kappa shape index (κ3) is 3.47. The van der Waals surface area contributed by atoms with Crippen LogP contribution in [-0.2, 0) is 10.0 Å². The van der Waals surface area contributed by atoms with Crippen LogP contribution >= 0.6 is 38.5 Å². The van der Waals surface area contributed by atoms with Crippen molar-refractivity contribution < 1.29 is 17.2 Å². The highest BCUT2D eigenvalue weighted by atomic mass is 127. The van der Waals surface area contributed by atoms with E-state index in [4.69, 9.17) is 0 Å². The third-order valence-corrected chi connectivity index (χ3v) is 5.28. The van der Waals surface area contributed by atoms with Crippen LogP contribution in [0, 0.1) is 15.2 Å². The molecule has 0 fully saturated rings.